The van der Waals surface area contributed by atoms with Gasteiger partial charge in [0.05, 0.1) is 5.60 Å². The van der Waals surface area contributed by atoms with Gasteiger partial charge in [0.1, 0.15) is 5.78 Å². The standard InChI is InChI=1S/C29H42O2/c1-20(30)24-11-12-25-23-10-9-22-19-29(31,16-13-21-7-5-4-6-8-21)18-17-27(22,2)26(23)14-15-28(24,25)3/h4-8,22-26,31H,9-19H2,1-3H3/t22-,23+,24-,25+,26+,27+,28-,29-/m1/s1. The van der Waals surface area contributed by atoms with Crippen molar-refractivity contribution in [2.24, 2.45) is 40.4 Å². The van der Waals surface area contributed by atoms with Crippen LogP contribution in [-0.4, -0.2) is 16.5 Å². The van der Waals surface area contributed by atoms with Crippen molar-refractivity contribution in [1.29, 1.82) is 0 Å². The number of hydrogen-bond donors (Lipinski definition) is 1. The van der Waals surface area contributed by atoms with E-state index in [9.17, 15) is 9.90 Å². The zero-order valence-electron chi connectivity index (χ0n) is 19.9. The topological polar surface area (TPSA) is 37.3 Å². The van der Waals surface area contributed by atoms with Gasteiger partial charge in [-0.3, -0.25) is 4.79 Å². The maximum atomic E-state index is 12.4. The normalized spacial score (nSPS) is 46.6. The van der Waals surface area contributed by atoms with Crippen LogP contribution in [0.25, 0.3) is 0 Å². The summed E-state index contributed by atoms with van der Waals surface area (Å²) in [4.78, 5) is 12.4. The van der Waals surface area contributed by atoms with Crippen molar-refractivity contribution >= 4 is 5.78 Å². The zero-order valence-corrected chi connectivity index (χ0v) is 19.9. The van der Waals surface area contributed by atoms with E-state index in [1.807, 2.05) is 6.92 Å². The highest BCUT2D eigenvalue weighted by atomic mass is 16.3. The van der Waals surface area contributed by atoms with E-state index in [2.05, 4.69) is 44.2 Å². The van der Waals surface area contributed by atoms with E-state index >= 15 is 0 Å². The van der Waals surface area contributed by atoms with Gasteiger partial charge in [-0.2, -0.15) is 0 Å². The van der Waals surface area contributed by atoms with E-state index < -0.39 is 5.60 Å². The predicted octanol–water partition coefficient (Wildman–Crippen LogP) is 6.60. The van der Waals surface area contributed by atoms with Crippen molar-refractivity contribution in [1.82, 2.24) is 0 Å². The van der Waals surface area contributed by atoms with Crippen molar-refractivity contribution < 1.29 is 9.90 Å². The summed E-state index contributed by atoms with van der Waals surface area (Å²) in [5.74, 6) is 3.76. The second-order valence-corrected chi connectivity index (χ2v) is 12.4. The molecule has 2 heteroatoms. The van der Waals surface area contributed by atoms with E-state index in [1.54, 1.807) is 0 Å². The molecule has 31 heavy (non-hydrogen) atoms. The molecule has 0 bridgehead atoms. The molecule has 4 aliphatic rings. The van der Waals surface area contributed by atoms with E-state index in [0.717, 1.165) is 49.9 Å². The van der Waals surface area contributed by atoms with Crippen molar-refractivity contribution in [3.63, 3.8) is 0 Å². The Balaban J connectivity index is 1.30. The van der Waals surface area contributed by atoms with Crippen LogP contribution in [0.5, 0.6) is 0 Å². The third kappa shape index (κ3) is 3.52. The number of carbonyl (C=O) groups is 1. The summed E-state index contributed by atoms with van der Waals surface area (Å²) in [6, 6.07) is 10.7. The van der Waals surface area contributed by atoms with Crippen molar-refractivity contribution in [2.45, 2.75) is 97.0 Å². The average Bonchev–Trinajstić information content (AvgIpc) is 3.11. The highest BCUT2D eigenvalue weighted by Gasteiger charge is 2.61. The van der Waals surface area contributed by atoms with Gasteiger partial charge < -0.3 is 5.11 Å². The number of aliphatic hydroxyl groups is 1. The molecule has 4 fully saturated rings. The second-order valence-electron chi connectivity index (χ2n) is 12.4. The Bertz CT molecular complexity index is 817. The Morgan fingerprint density at radius 2 is 1.68 bits per heavy atom. The van der Waals surface area contributed by atoms with Crippen LogP contribution in [0.1, 0.15) is 90.5 Å². The summed E-state index contributed by atoms with van der Waals surface area (Å²) < 4.78 is 0. The van der Waals surface area contributed by atoms with Crippen LogP contribution in [0.2, 0.25) is 0 Å². The molecule has 4 aliphatic carbocycles. The number of ketones is 1. The molecule has 0 amide bonds. The van der Waals surface area contributed by atoms with E-state index in [1.165, 1.54) is 44.1 Å². The minimum absolute atomic E-state index is 0.251. The van der Waals surface area contributed by atoms with E-state index in [-0.39, 0.29) is 5.41 Å². The molecule has 1 N–H and O–H groups in total. The SMILES string of the molecule is CC(=O)[C@H]1CC[C@H]2[C@@H]3CC[C@@H]4C[C@@](O)(CCc5ccccc5)CC[C@]4(C)[C@H]3CC[C@]12C. The number of carbonyl (C=O) groups excluding carboxylic acids is 1. The van der Waals surface area contributed by atoms with Gasteiger partial charge in [0.15, 0.2) is 0 Å². The molecular weight excluding hydrogens is 380 g/mol. The molecule has 8 atom stereocenters. The van der Waals surface area contributed by atoms with E-state index in [0.29, 0.717) is 23.0 Å². The summed E-state index contributed by atoms with van der Waals surface area (Å²) in [7, 11) is 0. The fourth-order valence-electron chi connectivity index (χ4n) is 9.24. The second kappa shape index (κ2) is 7.72. The van der Waals surface area contributed by atoms with Gasteiger partial charge >= 0.3 is 0 Å². The van der Waals surface area contributed by atoms with Crippen LogP contribution in [0.3, 0.4) is 0 Å². The lowest BCUT2D eigenvalue weighted by atomic mass is 9.43. The predicted molar refractivity (Wildman–Crippen MR) is 126 cm³/mol. The molecule has 170 valence electrons. The van der Waals surface area contributed by atoms with Gasteiger partial charge in [0.2, 0.25) is 0 Å². The van der Waals surface area contributed by atoms with Crippen molar-refractivity contribution in [2.75, 3.05) is 0 Å². The molecule has 0 saturated heterocycles. The zero-order chi connectivity index (χ0) is 21.9. The van der Waals surface area contributed by atoms with Crippen molar-refractivity contribution in [3.8, 4) is 0 Å². The number of Topliss-reactive ketones (excluding diaryl/α,β-unsaturated/α-hetero) is 1. The van der Waals surface area contributed by atoms with Gasteiger partial charge in [-0.15, -0.1) is 0 Å². The first kappa shape index (κ1) is 21.7. The van der Waals surface area contributed by atoms with Crippen LogP contribution in [0.4, 0.5) is 0 Å². The molecule has 1 aromatic carbocycles. The van der Waals surface area contributed by atoms with Gasteiger partial charge in [0.25, 0.3) is 0 Å². The number of benzene rings is 1. The summed E-state index contributed by atoms with van der Waals surface area (Å²) >= 11 is 0. The van der Waals surface area contributed by atoms with E-state index in [4.69, 9.17) is 0 Å². The molecule has 4 saturated carbocycles. The Labute approximate surface area is 189 Å². The summed E-state index contributed by atoms with van der Waals surface area (Å²) in [6.07, 6.45) is 12.6. The van der Waals surface area contributed by atoms with Crippen LogP contribution in [-0.2, 0) is 11.2 Å². The lowest BCUT2D eigenvalue weighted by Crippen LogP contribution is -2.56. The Morgan fingerprint density at radius 3 is 2.42 bits per heavy atom. The molecule has 1 aromatic rings. The maximum absolute atomic E-state index is 12.4. The average molecular weight is 423 g/mol. The Kier molecular flexibility index (Phi) is 5.40. The summed E-state index contributed by atoms with van der Waals surface area (Å²) in [5, 5.41) is 11.5. The summed E-state index contributed by atoms with van der Waals surface area (Å²) in [5.41, 5.74) is 1.50. The highest BCUT2D eigenvalue weighted by molar-refractivity contribution is 5.79. The first-order valence-electron chi connectivity index (χ1n) is 13.0. The quantitative estimate of drug-likeness (QED) is 0.593. The van der Waals surface area contributed by atoms with Crippen LogP contribution < -0.4 is 0 Å². The largest absolute Gasteiger partial charge is 0.390 e. The number of aryl methyl sites for hydroxylation is 1. The Morgan fingerprint density at radius 1 is 0.935 bits per heavy atom. The monoisotopic (exact) mass is 422 g/mol. The fraction of sp³-hybridized carbons (Fsp3) is 0.759. The van der Waals surface area contributed by atoms with Gasteiger partial charge in [0, 0.05) is 5.92 Å². The van der Waals surface area contributed by atoms with Gasteiger partial charge in [-0.25, -0.2) is 0 Å². The van der Waals surface area contributed by atoms with Crippen LogP contribution >= 0.6 is 0 Å². The summed E-state index contributed by atoms with van der Waals surface area (Å²) in [6.45, 7) is 6.86. The number of hydrogen-bond acceptors (Lipinski definition) is 2. The maximum Gasteiger partial charge on any atom is 0.133 e. The minimum Gasteiger partial charge on any atom is -0.390 e. The first-order chi connectivity index (χ1) is 14.8. The van der Waals surface area contributed by atoms with Crippen LogP contribution in [0, 0.1) is 40.4 Å². The third-order valence-electron chi connectivity index (χ3n) is 11.0. The molecule has 0 radical (unpaired) electrons. The number of rotatable bonds is 4. The molecule has 0 heterocycles. The highest BCUT2D eigenvalue weighted by Crippen LogP contribution is 2.68. The van der Waals surface area contributed by atoms with Crippen LogP contribution in [0.15, 0.2) is 30.3 Å². The fourth-order valence-corrected chi connectivity index (χ4v) is 9.24. The van der Waals surface area contributed by atoms with Gasteiger partial charge in [-0.05, 0) is 118 Å². The molecule has 2 nitrogen and oxygen atoms in total. The number of fused-ring (bicyclic) bond motifs is 5. The Hall–Kier alpha value is -1.15. The first-order valence-corrected chi connectivity index (χ1v) is 13.0. The lowest BCUT2D eigenvalue weighted by molar-refractivity contribution is -0.154. The smallest absolute Gasteiger partial charge is 0.133 e. The molecule has 5 rings (SSSR count). The minimum atomic E-state index is -0.483. The van der Waals surface area contributed by atoms with Gasteiger partial charge in [-0.1, -0.05) is 44.2 Å². The molecule has 0 unspecified atom stereocenters. The van der Waals surface area contributed by atoms with Crippen molar-refractivity contribution in [3.05, 3.63) is 35.9 Å². The molecule has 0 spiro atoms. The third-order valence-corrected chi connectivity index (χ3v) is 11.0. The molecule has 0 aromatic heterocycles. The molecular formula is C29H42O2. The molecule has 0 aliphatic heterocycles. The lowest BCUT2D eigenvalue weighted by Gasteiger charge is -2.62.